The van der Waals surface area contributed by atoms with Crippen LogP contribution in [0, 0.1) is 11.3 Å². The Morgan fingerprint density at radius 1 is 1.37 bits per heavy atom. The van der Waals surface area contributed by atoms with Gasteiger partial charge in [-0.15, -0.1) is 0 Å². The van der Waals surface area contributed by atoms with Gasteiger partial charge in [0.25, 0.3) is 0 Å². The molecular formula is C15H19N3O. The van der Waals surface area contributed by atoms with Crippen molar-refractivity contribution in [3.05, 3.63) is 35.4 Å². The molecule has 1 amide bonds. The third-order valence-corrected chi connectivity index (χ3v) is 3.62. The fourth-order valence-electron chi connectivity index (χ4n) is 2.71. The number of nitriles is 1. The second-order valence-corrected chi connectivity index (χ2v) is 5.28. The molecule has 4 nitrogen and oxygen atoms in total. The van der Waals surface area contributed by atoms with Crippen LogP contribution in [0.2, 0.25) is 0 Å². The van der Waals surface area contributed by atoms with E-state index in [1.54, 1.807) is 12.1 Å². The molecule has 0 radical (unpaired) electrons. The average Bonchev–Trinajstić information content (AvgIpc) is 2.41. The molecule has 0 aliphatic carbocycles. The van der Waals surface area contributed by atoms with Crippen LogP contribution in [0.3, 0.4) is 0 Å². The molecule has 0 saturated carbocycles. The summed E-state index contributed by atoms with van der Waals surface area (Å²) < 4.78 is 0. The van der Waals surface area contributed by atoms with Crippen molar-refractivity contribution >= 4 is 5.91 Å². The maximum atomic E-state index is 12.1. The molecule has 1 aliphatic rings. The van der Waals surface area contributed by atoms with Gasteiger partial charge < -0.3 is 10.6 Å². The third kappa shape index (κ3) is 2.61. The van der Waals surface area contributed by atoms with Crippen molar-refractivity contribution in [2.75, 3.05) is 0 Å². The number of rotatable bonds is 2. The van der Waals surface area contributed by atoms with Gasteiger partial charge in [-0.05, 0) is 38.0 Å². The first kappa shape index (κ1) is 13.6. The van der Waals surface area contributed by atoms with Gasteiger partial charge in [-0.1, -0.05) is 12.1 Å². The van der Waals surface area contributed by atoms with E-state index < -0.39 is 0 Å². The SMILES string of the molecule is CC(C)N1C(=O)CCC(N)C1c1ccc(C#N)cc1. The van der Waals surface area contributed by atoms with E-state index in [0.29, 0.717) is 18.4 Å². The molecule has 1 aliphatic heterocycles. The molecule has 2 rings (SSSR count). The lowest BCUT2D eigenvalue weighted by Crippen LogP contribution is -2.51. The van der Waals surface area contributed by atoms with E-state index in [-0.39, 0.29) is 24.0 Å². The predicted molar refractivity (Wildman–Crippen MR) is 73.1 cm³/mol. The lowest BCUT2D eigenvalue weighted by molar-refractivity contribution is -0.139. The normalized spacial score (nSPS) is 23.5. The molecule has 4 heteroatoms. The topological polar surface area (TPSA) is 70.1 Å². The van der Waals surface area contributed by atoms with Crippen molar-refractivity contribution in [3.8, 4) is 6.07 Å². The number of hydrogen-bond acceptors (Lipinski definition) is 3. The Morgan fingerprint density at radius 3 is 2.53 bits per heavy atom. The molecule has 2 N–H and O–H groups in total. The highest BCUT2D eigenvalue weighted by molar-refractivity contribution is 5.78. The summed E-state index contributed by atoms with van der Waals surface area (Å²) >= 11 is 0. The van der Waals surface area contributed by atoms with Crippen molar-refractivity contribution < 1.29 is 4.79 Å². The van der Waals surface area contributed by atoms with Crippen LogP contribution in [0.5, 0.6) is 0 Å². The van der Waals surface area contributed by atoms with Gasteiger partial charge in [0.05, 0.1) is 17.7 Å². The van der Waals surface area contributed by atoms with E-state index in [4.69, 9.17) is 11.0 Å². The Bertz CT molecular complexity index is 501. The van der Waals surface area contributed by atoms with E-state index in [9.17, 15) is 4.79 Å². The summed E-state index contributed by atoms with van der Waals surface area (Å²) in [5.41, 5.74) is 7.84. The highest BCUT2D eigenvalue weighted by Crippen LogP contribution is 2.32. The lowest BCUT2D eigenvalue weighted by atomic mass is 9.89. The predicted octanol–water partition coefficient (Wildman–Crippen LogP) is 1.96. The van der Waals surface area contributed by atoms with Gasteiger partial charge >= 0.3 is 0 Å². The summed E-state index contributed by atoms with van der Waals surface area (Å²) in [6, 6.07) is 9.44. The summed E-state index contributed by atoms with van der Waals surface area (Å²) in [7, 11) is 0. The molecule has 1 heterocycles. The van der Waals surface area contributed by atoms with Gasteiger partial charge in [0.2, 0.25) is 5.91 Å². The molecule has 0 spiro atoms. The Hall–Kier alpha value is -1.86. The first-order chi connectivity index (χ1) is 9.04. The fraction of sp³-hybridized carbons (Fsp3) is 0.467. The van der Waals surface area contributed by atoms with Crippen molar-refractivity contribution in [3.63, 3.8) is 0 Å². The molecule has 1 aromatic carbocycles. The monoisotopic (exact) mass is 257 g/mol. The summed E-state index contributed by atoms with van der Waals surface area (Å²) in [5.74, 6) is 0.158. The maximum absolute atomic E-state index is 12.1. The van der Waals surface area contributed by atoms with Gasteiger partial charge in [0.1, 0.15) is 0 Å². The summed E-state index contributed by atoms with van der Waals surface area (Å²) in [6.07, 6.45) is 1.23. The number of nitrogens with two attached hydrogens (primary N) is 1. The van der Waals surface area contributed by atoms with Crippen LogP contribution < -0.4 is 5.73 Å². The number of amides is 1. The standard InChI is InChI=1S/C15H19N3O/c1-10(2)18-14(19)8-7-13(17)15(18)12-5-3-11(9-16)4-6-12/h3-6,10,13,15H,7-8,17H2,1-2H3. The average molecular weight is 257 g/mol. The molecule has 1 saturated heterocycles. The summed E-state index contributed by atoms with van der Waals surface area (Å²) in [5, 5.41) is 8.83. The zero-order chi connectivity index (χ0) is 14.0. The quantitative estimate of drug-likeness (QED) is 0.880. The third-order valence-electron chi connectivity index (χ3n) is 3.62. The van der Waals surface area contributed by atoms with Crippen molar-refractivity contribution in [1.29, 1.82) is 5.26 Å². The number of piperidine rings is 1. The largest absolute Gasteiger partial charge is 0.332 e. The highest BCUT2D eigenvalue weighted by atomic mass is 16.2. The van der Waals surface area contributed by atoms with Gasteiger partial charge in [0, 0.05) is 18.5 Å². The smallest absolute Gasteiger partial charge is 0.223 e. The molecule has 2 atom stereocenters. The van der Waals surface area contributed by atoms with Gasteiger partial charge in [-0.25, -0.2) is 0 Å². The number of carbonyl (C=O) groups is 1. The molecule has 1 fully saturated rings. The number of hydrogen-bond donors (Lipinski definition) is 1. The van der Waals surface area contributed by atoms with Gasteiger partial charge in [-0.2, -0.15) is 5.26 Å². The molecule has 100 valence electrons. The van der Waals surface area contributed by atoms with Gasteiger partial charge in [-0.3, -0.25) is 4.79 Å². The summed E-state index contributed by atoms with van der Waals surface area (Å²) in [4.78, 5) is 14.0. The van der Waals surface area contributed by atoms with E-state index in [0.717, 1.165) is 5.56 Å². The minimum atomic E-state index is -0.0889. The van der Waals surface area contributed by atoms with E-state index in [2.05, 4.69) is 6.07 Å². The Morgan fingerprint density at radius 2 is 2.00 bits per heavy atom. The lowest BCUT2D eigenvalue weighted by Gasteiger charge is -2.42. The molecule has 0 aromatic heterocycles. The molecule has 2 unspecified atom stereocenters. The minimum Gasteiger partial charge on any atom is -0.332 e. The van der Waals surface area contributed by atoms with Crippen LogP contribution in [-0.2, 0) is 4.79 Å². The van der Waals surface area contributed by atoms with Crippen LogP contribution in [-0.4, -0.2) is 22.9 Å². The molecule has 1 aromatic rings. The van der Waals surface area contributed by atoms with E-state index in [1.807, 2.05) is 30.9 Å². The zero-order valence-corrected chi connectivity index (χ0v) is 11.3. The highest BCUT2D eigenvalue weighted by Gasteiger charge is 2.36. The number of nitrogens with zero attached hydrogens (tertiary/aromatic N) is 2. The maximum Gasteiger partial charge on any atom is 0.223 e. The molecular weight excluding hydrogens is 238 g/mol. The van der Waals surface area contributed by atoms with Crippen LogP contribution in [0.25, 0.3) is 0 Å². The fourth-order valence-corrected chi connectivity index (χ4v) is 2.71. The van der Waals surface area contributed by atoms with Crippen LogP contribution >= 0.6 is 0 Å². The molecule has 0 bridgehead atoms. The number of benzene rings is 1. The Kier molecular flexibility index (Phi) is 3.87. The van der Waals surface area contributed by atoms with Crippen molar-refractivity contribution in [2.24, 2.45) is 5.73 Å². The van der Waals surface area contributed by atoms with E-state index >= 15 is 0 Å². The number of carbonyl (C=O) groups excluding carboxylic acids is 1. The van der Waals surface area contributed by atoms with Crippen LogP contribution in [0.1, 0.15) is 43.9 Å². The number of likely N-dealkylation sites (tertiary alicyclic amines) is 1. The first-order valence-corrected chi connectivity index (χ1v) is 6.61. The summed E-state index contributed by atoms with van der Waals surface area (Å²) in [6.45, 7) is 4.01. The Labute approximate surface area is 113 Å². The van der Waals surface area contributed by atoms with E-state index in [1.165, 1.54) is 0 Å². The molecule has 19 heavy (non-hydrogen) atoms. The first-order valence-electron chi connectivity index (χ1n) is 6.61. The van der Waals surface area contributed by atoms with Crippen LogP contribution in [0.15, 0.2) is 24.3 Å². The van der Waals surface area contributed by atoms with Crippen molar-refractivity contribution in [2.45, 2.75) is 44.8 Å². The second-order valence-electron chi connectivity index (χ2n) is 5.28. The van der Waals surface area contributed by atoms with Crippen LogP contribution in [0.4, 0.5) is 0 Å². The zero-order valence-electron chi connectivity index (χ0n) is 11.3. The Balaban J connectivity index is 2.36. The minimum absolute atomic E-state index is 0.0481. The van der Waals surface area contributed by atoms with Crippen molar-refractivity contribution in [1.82, 2.24) is 4.90 Å². The second kappa shape index (κ2) is 5.41. The van der Waals surface area contributed by atoms with Gasteiger partial charge in [0.15, 0.2) is 0 Å².